The number of amides is 1. The molecule has 1 aliphatic heterocycles. The van der Waals surface area contributed by atoms with E-state index in [1.54, 1.807) is 4.90 Å². The van der Waals surface area contributed by atoms with Gasteiger partial charge in [0.15, 0.2) is 0 Å². The van der Waals surface area contributed by atoms with Crippen molar-refractivity contribution in [3.63, 3.8) is 0 Å². The normalized spacial score (nSPS) is 16.5. The average Bonchev–Trinajstić information content (AvgIpc) is 2.54. The highest BCUT2D eigenvalue weighted by atomic mass is 16.5. The molecule has 0 aromatic heterocycles. The molecule has 0 bridgehead atoms. The second-order valence-corrected chi connectivity index (χ2v) is 3.78. The molecule has 1 heterocycles. The molecule has 1 amide bonds. The van der Waals surface area contributed by atoms with Crippen LogP contribution in [0.4, 0.5) is 0 Å². The van der Waals surface area contributed by atoms with Gasteiger partial charge < -0.3 is 9.64 Å². The number of rotatable bonds is 7. The Bertz CT molecular complexity index is 228. The number of likely N-dealkylation sites (tertiary alicyclic amines) is 1. The maximum absolute atomic E-state index is 11.2. The van der Waals surface area contributed by atoms with Crippen LogP contribution in [0.1, 0.15) is 32.6 Å². The fraction of sp³-hybridized carbons (Fsp3) is 0.818. The molecule has 0 atom stereocenters. The van der Waals surface area contributed by atoms with Gasteiger partial charge in [-0.25, -0.2) is 0 Å². The summed E-state index contributed by atoms with van der Waals surface area (Å²) < 4.78 is 5.37. The van der Waals surface area contributed by atoms with Gasteiger partial charge in [-0.2, -0.15) is 0 Å². The lowest BCUT2D eigenvalue weighted by molar-refractivity contribution is -0.140. The quantitative estimate of drug-likeness (QED) is 0.468. The molecule has 0 aliphatic carbocycles. The van der Waals surface area contributed by atoms with E-state index >= 15 is 0 Å². The Balaban J connectivity index is 2.01. The van der Waals surface area contributed by atoms with Gasteiger partial charge in [0.1, 0.15) is 0 Å². The van der Waals surface area contributed by atoms with Gasteiger partial charge in [0, 0.05) is 32.7 Å². The zero-order chi connectivity index (χ0) is 11.1. The van der Waals surface area contributed by atoms with Crippen molar-refractivity contribution in [2.75, 3.05) is 26.3 Å². The zero-order valence-electron chi connectivity index (χ0n) is 9.33. The Kier molecular flexibility index (Phi) is 5.32. The Labute approximate surface area is 90.6 Å². The molecule has 0 aromatic carbocycles. The van der Waals surface area contributed by atoms with Gasteiger partial charge in [-0.15, -0.1) is 0 Å². The van der Waals surface area contributed by atoms with Gasteiger partial charge in [-0.3, -0.25) is 9.59 Å². The molecule has 0 N–H and O–H groups in total. The van der Waals surface area contributed by atoms with Crippen LogP contribution < -0.4 is 0 Å². The Hall–Kier alpha value is -0.900. The number of ketones is 1. The minimum atomic E-state index is -0.316. The summed E-state index contributed by atoms with van der Waals surface area (Å²) in [4.78, 5) is 23.8. The number of carbonyl (C=O) groups excluding carboxylic acids is 2. The van der Waals surface area contributed by atoms with E-state index in [0.29, 0.717) is 26.1 Å². The number of hydrogen-bond acceptors (Lipinski definition) is 3. The third-order valence-corrected chi connectivity index (χ3v) is 2.49. The van der Waals surface area contributed by atoms with Crippen molar-refractivity contribution in [2.45, 2.75) is 32.6 Å². The van der Waals surface area contributed by atoms with Crippen LogP contribution in [0.15, 0.2) is 0 Å². The molecule has 0 aromatic rings. The summed E-state index contributed by atoms with van der Waals surface area (Å²) in [5.74, 6) is -0.564. The lowest BCUT2D eigenvalue weighted by atomic mass is 10.3. The summed E-state index contributed by atoms with van der Waals surface area (Å²) in [6.07, 6.45) is 3.43. The van der Waals surface area contributed by atoms with Gasteiger partial charge in [-0.1, -0.05) is 13.3 Å². The standard InChI is InChI=1S/C11H19NO3/c1-2-3-8-15-9-4-6-12-7-5-10(13)11(12)14/h2-9H2,1H3. The van der Waals surface area contributed by atoms with Crippen LogP contribution in [-0.4, -0.2) is 42.9 Å². The van der Waals surface area contributed by atoms with Crippen molar-refractivity contribution in [2.24, 2.45) is 0 Å². The summed E-state index contributed by atoms with van der Waals surface area (Å²) in [5, 5.41) is 0. The number of hydrogen-bond donors (Lipinski definition) is 0. The van der Waals surface area contributed by atoms with Crippen molar-refractivity contribution in [1.82, 2.24) is 4.90 Å². The first-order chi connectivity index (χ1) is 7.25. The van der Waals surface area contributed by atoms with Crippen molar-refractivity contribution < 1.29 is 14.3 Å². The average molecular weight is 213 g/mol. The number of carbonyl (C=O) groups is 2. The van der Waals surface area contributed by atoms with Crippen molar-refractivity contribution in [3.05, 3.63) is 0 Å². The molecule has 4 nitrogen and oxygen atoms in total. The molecule has 1 rings (SSSR count). The Morgan fingerprint density at radius 2 is 2.00 bits per heavy atom. The first kappa shape index (κ1) is 12.2. The van der Waals surface area contributed by atoms with Crippen LogP contribution in [0, 0.1) is 0 Å². The van der Waals surface area contributed by atoms with E-state index in [1.165, 1.54) is 0 Å². The van der Waals surface area contributed by atoms with E-state index < -0.39 is 0 Å². The van der Waals surface area contributed by atoms with Crippen LogP contribution in [0.5, 0.6) is 0 Å². The molecule has 1 saturated heterocycles. The fourth-order valence-electron chi connectivity index (χ4n) is 1.54. The minimum absolute atomic E-state index is 0.248. The SMILES string of the molecule is CCCCOCCCN1CCC(=O)C1=O. The Morgan fingerprint density at radius 3 is 2.60 bits per heavy atom. The molecule has 0 spiro atoms. The number of Topliss-reactive ketones (excluding diaryl/α,β-unsaturated/α-hetero) is 1. The maximum Gasteiger partial charge on any atom is 0.290 e. The van der Waals surface area contributed by atoms with Crippen LogP contribution in [0.2, 0.25) is 0 Å². The molecule has 1 fully saturated rings. The Morgan fingerprint density at radius 1 is 1.27 bits per heavy atom. The summed E-state index contributed by atoms with van der Waals surface area (Å²) in [7, 11) is 0. The third kappa shape index (κ3) is 4.00. The van der Waals surface area contributed by atoms with E-state index in [4.69, 9.17) is 4.74 Å². The van der Waals surface area contributed by atoms with Crippen molar-refractivity contribution >= 4 is 11.7 Å². The fourth-order valence-corrected chi connectivity index (χ4v) is 1.54. The topological polar surface area (TPSA) is 46.6 Å². The highest BCUT2D eigenvalue weighted by Gasteiger charge is 2.28. The summed E-state index contributed by atoms with van der Waals surface area (Å²) in [6, 6.07) is 0. The minimum Gasteiger partial charge on any atom is -0.381 e. The summed E-state index contributed by atoms with van der Waals surface area (Å²) in [5.41, 5.74) is 0. The molecular formula is C11H19NO3. The predicted octanol–water partition coefficient (Wildman–Crippen LogP) is 0.995. The van der Waals surface area contributed by atoms with E-state index in [2.05, 4.69) is 6.92 Å². The van der Waals surface area contributed by atoms with Crippen LogP contribution in [-0.2, 0) is 14.3 Å². The lowest BCUT2D eigenvalue weighted by Crippen LogP contribution is -2.29. The van der Waals surface area contributed by atoms with Gasteiger partial charge in [-0.05, 0) is 12.8 Å². The summed E-state index contributed by atoms with van der Waals surface area (Å²) >= 11 is 0. The highest BCUT2D eigenvalue weighted by Crippen LogP contribution is 2.06. The molecule has 1 aliphatic rings. The first-order valence-electron chi connectivity index (χ1n) is 5.65. The molecule has 0 radical (unpaired) electrons. The number of ether oxygens (including phenoxy) is 1. The lowest BCUT2D eigenvalue weighted by Gasteiger charge is -2.13. The summed E-state index contributed by atoms with van der Waals surface area (Å²) in [6.45, 7) is 4.84. The van der Waals surface area contributed by atoms with Gasteiger partial charge in [0.2, 0.25) is 5.78 Å². The zero-order valence-corrected chi connectivity index (χ0v) is 9.33. The van der Waals surface area contributed by atoms with Crippen LogP contribution in [0.25, 0.3) is 0 Å². The van der Waals surface area contributed by atoms with Crippen molar-refractivity contribution in [1.29, 1.82) is 0 Å². The third-order valence-electron chi connectivity index (χ3n) is 2.49. The number of unbranched alkanes of at least 4 members (excludes halogenated alkanes) is 1. The van der Waals surface area contributed by atoms with Crippen molar-refractivity contribution in [3.8, 4) is 0 Å². The van der Waals surface area contributed by atoms with E-state index in [1.807, 2.05) is 0 Å². The number of nitrogens with zero attached hydrogens (tertiary/aromatic N) is 1. The second kappa shape index (κ2) is 6.56. The van der Waals surface area contributed by atoms with E-state index in [9.17, 15) is 9.59 Å². The molecule has 4 heteroatoms. The monoisotopic (exact) mass is 213 g/mol. The van der Waals surface area contributed by atoms with E-state index in [-0.39, 0.29) is 11.7 Å². The van der Waals surface area contributed by atoms with Crippen LogP contribution in [0.3, 0.4) is 0 Å². The molecule has 0 saturated carbocycles. The predicted molar refractivity (Wildman–Crippen MR) is 56.5 cm³/mol. The molecule has 15 heavy (non-hydrogen) atoms. The van der Waals surface area contributed by atoms with Gasteiger partial charge in [0.25, 0.3) is 5.91 Å². The van der Waals surface area contributed by atoms with Gasteiger partial charge >= 0.3 is 0 Å². The highest BCUT2D eigenvalue weighted by molar-refractivity contribution is 6.37. The van der Waals surface area contributed by atoms with Crippen LogP contribution >= 0.6 is 0 Å². The maximum atomic E-state index is 11.2. The first-order valence-corrected chi connectivity index (χ1v) is 5.65. The molecular weight excluding hydrogens is 194 g/mol. The molecule has 0 unspecified atom stereocenters. The van der Waals surface area contributed by atoms with Gasteiger partial charge in [0.05, 0.1) is 0 Å². The smallest absolute Gasteiger partial charge is 0.290 e. The largest absolute Gasteiger partial charge is 0.381 e. The molecule has 86 valence electrons. The van der Waals surface area contributed by atoms with E-state index in [0.717, 1.165) is 25.9 Å². The second-order valence-electron chi connectivity index (χ2n) is 3.78.